The maximum Gasteiger partial charge on any atom is 0.413 e. The molecule has 0 N–H and O–H groups in total. The smallest absolute Gasteiger partial charge is 0.413 e. The molecule has 1 aromatic heterocycles. The van der Waals surface area contributed by atoms with Crippen molar-refractivity contribution < 1.29 is 9.53 Å². The number of imidazole rings is 1. The Morgan fingerprint density at radius 3 is 2.81 bits per heavy atom. The number of halogens is 1. The predicted octanol–water partition coefficient (Wildman–Crippen LogP) is 3.49. The molecule has 0 radical (unpaired) electrons. The van der Waals surface area contributed by atoms with Crippen molar-refractivity contribution in [1.29, 1.82) is 0 Å². The summed E-state index contributed by atoms with van der Waals surface area (Å²) in [5.41, 5.74) is 1.67. The number of anilines is 1. The van der Waals surface area contributed by atoms with E-state index in [2.05, 4.69) is 4.98 Å². The third kappa shape index (κ3) is 3.55. The lowest BCUT2D eigenvalue weighted by atomic mass is 10.2. The summed E-state index contributed by atoms with van der Waals surface area (Å²) < 4.78 is 6.97. The van der Waals surface area contributed by atoms with Crippen LogP contribution in [0.25, 0.3) is 0 Å². The number of aromatic nitrogens is 2. The van der Waals surface area contributed by atoms with Crippen molar-refractivity contribution in [1.82, 2.24) is 9.55 Å². The first-order valence-corrected chi connectivity index (χ1v) is 7.07. The highest BCUT2D eigenvalue weighted by Gasteiger charge is 2.13. The van der Waals surface area contributed by atoms with Gasteiger partial charge >= 0.3 is 6.09 Å². The highest BCUT2D eigenvalue weighted by atomic mass is 35.5. The minimum absolute atomic E-state index is 0.342. The van der Waals surface area contributed by atoms with Crippen LogP contribution in [0.2, 0.25) is 5.02 Å². The Kier molecular flexibility index (Phi) is 4.85. The number of ether oxygens (including phenoxy) is 1. The Labute approximate surface area is 129 Å². The number of hydrogen-bond donors (Lipinski definition) is 0. The van der Waals surface area contributed by atoms with E-state index < -0.39 is 6.09 Å². The van der Waals surface area contributed by atoms with Crippen molar-refractivity contribution in [2.24, 2.45) is 0 Å². The molecule has 6 heteroatoms. The van der Waals surface area contributed by atoms with Crippen molar-refractivity contribution in [3.8, 4) is 0 Å². The molecule has 0 unspecified atom stereocenters. The van der Waals surface area contributed by atoms with Crippen LogP contribution in [0.5, 0.6) is 0 Å². The number of carbonyl (C=O) groups is 1. The SMILES string of the molecule is CCOC(=O)N(C)c1ccc(Cn2ccnc2C)c(Cl)c1. The van der Waals surface area contributed by atoms with Gasteiger partial charge in [0.1, 0.15) is 5.82 Å². The molecular weight excluding hydrogens is 290 g/mol. The van der Waals surface area contributed by atoms with Gasteiger partial charge in [-0.1, -0.05) is 17.7 Å². The molecule has 1 aromatic carbocycles. The summed E-state index contributed by atoms with van der Waals surface area (Å²) in [6.45, 7) is 4.70. The van der Waals surface area contributed by atoms with E-state index in [1.807, 2.05) is 29.8 Å². The molecule has 0 aliphatic heterocycles. The average molecular weight is 308 g/mol. The fraction of sp³-hybridized carbons (Fsp3) is 0.333. The number of carbonyl (C=O) groups excluding carboxylic acids is 1. The molecule has 0 bridgehead atoms. The molecule has 1 heterocycles. The summed E-state index contributed by atoms with van der Waals surface area (Å²) in [5, 5.41) is 0.608. The van der Waals surface area contributed by atoms with Gasteiger partial charge in [0.25, 0.3) is 0 Å². The van der Waals surface area contributed by atoms with E-state index in [0.717, 1.165) is 11.4 Å². The van der Waals surface area contributed by atoms with Crippen molar-refractivity contribution in [2.75, 3.05) is 18.6 Å². The molecule has 2 rings (SSSR count). The van der Waals surface area contributed by atoms with Crippen molar-refractivity contribution in [2.45, 2.75) is 20.4 Å². The lowest BCUT2D eigenvalue weighted by Gasteiger charge is -2.18. The molecule has 0 spiro atoms. The topological polar surface area (TPSA) is 47.4 Å². The van der Waals surface area contributed by atoms with E-state index in [1.165, 1.54) is 4.90 Å². The Morgan fingerprint density at radius 1 is 1.48 bits per heavy atom. The fourth-order valence-corrected chi connectivity index (χ4v) is 2.19. The number of nitrogens with zero attached hydrogens (tertiary/aromatic N) is 3. The summed E-state index contributed by atoms with van der Waals surface area (Å²) in [4.78, 5) is 17.3. The molecule has 1 amide bonds. The van der Waals surface area contributed by atoms with Crippen molar-refractivity contribution >= 4 is 23.4 Å². The van der Waals surface area contributed by atoms with Crippen LogP contribution in [0.15, 0.2) is 30.6 Å². The summed E-state index contributed by atoms with van der Waals surface area (Å²) in [6, 6.07) is 5.53. The van der Waals surface area contributed by atoms with Crippen LogP contribution in [0, 0.1) is 6.92 Å². The first kappa shape index (κ1) is 15.4. The van der Waals surface area contributed by atoms with Crippen LogP contribution in [-0.4, -0.2) is 29.3 Å². The number of rotatable bonds is 4. The first-order valence-electron chi connectivity index (χ1n) is 6.69. The molecule has 0 fully saturated rings. The van der Waals surface area contributed by atoms with Gasteiger partial charge in [0.15, 0.2) is 0 Å². The first-order chi connectivity index (χ1) is 10.0. The van der Waals surface area contributed by atoms with E-state index in [-0.39, 0.29) is 0 Å². The molecule has 0 saturated heterocycles. The minimum atomic E-state index is -0.397. The molecule has 2 aromatic rings. The quantitative estimate of drug-likeness (QED) is 0.868. The number of aryl methyl sites for hydroxylation is 1. The zero-order valence-corrected chi connectivity index (χ0v) is 13.1. The normalized spacial score (nSPS) is 10.5. The van der Waals surface area contributed by atoms with Crippen molar-refractivity contribution in [3.05, 3.63) is 47.0 Å². The second kappa shape index (κ2) is 6.63. The van der Waals surface area contributed by atoms with Gasteiger partial charge in [-0.2, -0.15) is 0 Å². The van der Waals surface area contributed by atoms with Crippen LogP contribution in [0.1, 0.15) is 18.3 Å². The highest BCUT2D eigenvalue weighted by Crippen LogP contribution is 2.24. The number of hydrogen-bond acceptors (Lipinski definition) is 3. The Hall–Kier alpha value is -2.01. The van der Waals surface area contributed by atoms with Gasteiger partial charge in [-0.25, -0.2) is 9.78 Å². The van der Waals surface area contributed by atoms with Crippen LogP contribution in [0.3, 0.4) is 0 Å². The van der Waals surface area contributed by atoms with Crippen LogP contribution >= 0.6 is 11.6 Å². The van der Waals surface area contributed by atoms with Crippen LogP contribution < -0.4 is 4.90 Å². The third-order valence-electron chi connectivity index (χ3n) is 3.23. The number of benzene rings is 1. The minimum Gasteiger partial charge on any atom is -0.449 e. The summed E-state index contributed by atoms with van der Waals surface area (Å²) >= 11 is 6.31. The molecular formula is C15H18ClN3O2. The molecule has 0 atom stereocenters. The number of amides is 1. The summed E-state index contributed by atoms with van der Waals surface area (Å²) in [7, 11) is 1.66. The third-order valence-corrected chi connectivity index (χ3v) is 3.58. The van der Waals surface area contributed by atoms with Gasteiger partial charge in [-0.3, -0.25) is 4.90 Å². The zero-order chi connectivity index (χ0) is 15.4. The van der Waals surface area contributed by atoms with Gasteiger partial charge in [0.05, 0.1) is 13.2 Å². The van der Waals surface area contributed by atoms with E-state index in [1.54, 1.807) is 26.2 Å². The molecule has 0 aliphatic carbocycles. The molecule has 21 heavy (non-hydrogen) atoms. The van der Waals surface area contributed by atoms with E-state index in [4.69, 9.17) is 16.3 Å². The maximum absolute atomic E-state index is 11.7. The van der Waals surface area contributed by atoms with Gasteiger partial charge in [-0.15, -0.1) is 0 Å². The Balaban J connectivity index is 2.17. The fourth-order valence-electron chi connectivity index (χ4n) is 1.95. The zero-order valence-electron chi connectivity index (χ0n) is 12.3. The van der Waals surface area contributed by atoms with Crippen LogP contribution in [0.4, 0.5) is 10.5 Å². The molecule has 112 valence electrons. The Morgan fingerprint density at radius 2 is 2.24 bits per heavy atom. The van der Waals surface area contributed by atoms with Gasteiger partial charge in [-0.05, 0) is 31.5 Å². The lowest BCUT2D eigenvalue weighted by molar-refractivity contribution is 0.161. The largest absolute Gasteiger partial charge is 0.449 e. The summed E-state index contributed by atoms with van der Waals surface area (Å²) in [5.74, 6) is 0.929. The maximum atomic E-state index is 11.7. The van der Waals surface area contributed by atoms with E-state index >= 15 is 0 Å². The summed E-state index contributed by atoms with van der Waals surface area (Å²) in [6.07, 6.45) is 3.27. The standard InChI is InChI=1S/C15H18ClN3O2/c1-4-21-15(20)18(3)13-6-5-12(14(16)9-13)10-19-8-7-17-11(19)2/h5-9H,4,10H2,1-3H3. The molecule has 0 saturated carbocycles. The van der Waals surface area contributed by atoms with Gasteiger partial charge in [0, 0.05) is 30.2 Å². The monoisotopic (exact) mass is 307 g/mol. The second-order valence-electron chi connectivity index (χ2n) is 4.64. The lowest BCUT2D eigenvalue weighted by Crippen LogP contribution is -2.27. The van der Waals surface area contributed by atoms with Gasteiger partial charge < -0.3 is 9.30 Å². The Bertz CT molecular complexity index is 640. The highest BCUT2D eigenvalue weighted by molar-refractivity contribution is 6.31. The van der Waals surface area contributed by atoms with E-state index in [9.17, 15) is 4.79 Å². The molecule has 0 aliphatic rings. The van der Waals surface area contributed by atoms with Crippen molar-refractivity contribution in [3.63, 3.8) is 0 Å². The van der Waals surface area contributed by atoms with Crippen LogP contribution in [-0.2, 0) is 11.3 Å². The second-order valence-corrected chi connectivity index (χ2v) is 5.04. The van der Waals surface area contributed by atoms with E-state index in [0.29, 0.717) is 23.9 Å². The predicted molar refractivity (Wildman–Crippen MR) is 82.9 cm³/mol. The average Bonchev–Trinajstić information content (AvgIpc) is 2.86. The molecule has 5 nitrogen and oxygen atoms in total. The van der Waals surface area contributed by atoms with Gasteiger partial charge in [0.2, 0.25) is 0 Å².